The van der Waals surface area contributed by atoms with E-state index in [0.29, 0.717) is 55.2 Å². The Morgan fingerprint density at radius 2 is 1.92 bits per heavy atom. The highest BCUT2D eigenvalue weighted by Gasteiger charge is 2.31. The molecule has 2 aromatic heterocycles. The van der Waals surface area contributed by atoms with Gasteiger partial charge in [-0.2, -0.15) is 10.2 Å². The first-order valence-corrected chi connectivity index (χ1v) is 11.4. The number of benzene rings is 2. The summed E-state index contributed by atoms with van der Waals surface area (Å²) in [5, 5.41) is 21.3. The van der Waals surface area contributed by atoms with Crippen LogP contribution >= 0.6 is 23.2 Å². The maximum absolute atomic E-state index is 12.7. The van der Waals surface area contributed by atoms with E-state index in [-0.39, 0.29) is 24.8 Å². The zero-order valence-electron chi connectivity index (χ0n) is 19.1. The molecule has 3 heterocycles. The number of carboxylic acid groups (broad SMARTS) is 1. The lowest BCUT2D eigenvalue weighted by Gasteiger charge is -2.22. The smallest absolute Gasteiger partial charge is 0.325 e. The second-order valence-electron chi connectivity index (χ2n) is 7.95. The van der Waals surface area contributed by atoms with Crippen LogP contribution in [-0.2, 0) is 17.9 Å². The van der Waals surface area contributed by atoms with Crippen molar-refractivity contribution in [2.24, 2.45) is 0 Å². The molecule has 184 valence electrons. The van der Waals surface area contributed by atoms with Crippen LogP contribution in [0.25, 0.3) is 28.1 Å². The molecule has 2 aromatic carbocycles. The van der Waals surface area contributed by atoms with Crippen LogP contribution in [-0.4, -0.2) is 50.7 Å². The molecule has 5 rings (SSSR count). The van der Waals surface area contributed by atoms with Gasteiger partial charge in [0, 0.05) is 51.6 Å². The second-order valence-corrected chi connectivity index (χ2v) is 8.82. The van der Waals surface area contributed by atoms with Crippen LogP contribution in [0.2, 0.25) is 10.0 Å². The molecule has 0 atom stereocenters. The molecule has 4 aromatic rings. The standard InChI is InChI=1S/C24H19Cl2N5O5/c1-27-24(34)22-18-11-36-20-7-19(35-2)16(12-8-28-30(9-12)10-21(32)33)6-17(20)23(18)31(29-22)15-4-13(25)3-14(26)5-15/h3-9H,10-11H2,1-2H3,(H,27,34)(H,32,33). The highest BCUT2D eigenvalue weighted by atomic mass is 35.5. The fourth-order valence-corrected chi connectivity index (χ4v) is 4.67. The van der Waals surface area contributed by atoms with Crippen molar-refractivity contribution in [2.75, 3.05) is 14.2 Å². The molecule has 1 aliphatic heterocycles. The molecule has 0 radical (unpaired) electrons. The molecule has 36 heavy (non-hydrogen) atoms. The number of rotatable bonds is 6. The van der Waals surface area contributed by atoms with Crippen LogP contribution in [0.3, 0.4) is 0 Å². The van der Waals surface area contributed by atoms with Gasteiger partial charge in [-0.25, -0.2) is 4.68 Å². The molecule has 10 nitrogen and oxygen atoms in total. The minimum absolute atomic E-state index is 0.110. The predicted molar refractivity (Wildman–Crippen MR) is 132 cm³/mol. The summed E-state index contributed by atoms with van der Waals surface area (Å²) in [6.07, 6.45) is 3.18. The fraction of sp³-hybridized carbons (Fsp3) is 0.167. The van der Waals surface area contributed by atoms with Crippen molar-refractivity contribution >= 4 is 35.1 Å². The first kappa shape index (κ1) is 23.7. The number of nitrogens with zero attached hydrogens (tertiary/aromatic N) is 4. The van der Waals surface area contributed by atoms with Gasteiger partial charge in [-0.15, -0.1) is 0 Å². The maximum Gasteiger partial charge on any atom is 0.325 e. The Morgan fingerprint density at radius 3 is 2.58 bits per heavy atom. The average molecular weight is 528 g/mol. The van der Waals surface area contributed by atoms with Crippen molar-refractivity contribution in [3.63, 3.8) is 0 Å². The molecular formula is C24H19Cl2N5O5. The summed E-state index contributed by atoms with van der Waals surface area (Å²) in [7, 11) is 3.06. The van der Waals surface area contributed by atoms with Crippen LogP contribution in [0.5, 0.6) is 11.5 Å². The van der Waals surface area contributed by atoms with Gasteiger partial charge in [-0.3, -0.25) is 14.3 Å². The van der Waals surface area contributed by atoms with Crippen molar-refractivity contribution in [3.05, 3.63) is 64.0 Å². The summed E-state index contributed by atoms with van der Waals surface area (Å²) >= 11 is 12.5. The summed E-state index contributed by atoms with van der Waals surface area (Å²) in [5.74, 6) is -0.339. The number of carbonyl (C=O) groups is 2. The molecule has 0 saturated carbocycles. The van der Waals surface area contributed by atoms with Crippen molar-refractivity contribution in [2.45, 2.75) is 13.2 Å². The zero-order valence-corrected chi connectivity index (χ0v) is 20.6. The highest BCUT2D eigenvalue weighted by molar-refractivity contribution is 6.34. The van der Waals surface area contributed by atoms with E-state index in [2.05, 4.69) is 15.5 Å². The third-order valence-corrected chi connectivity index (χ3v) is 6.12. The summed E-state index contributed by atoms with van der Waals surface area (Å²) in [6.45, 7) is -0.170. The van der Waals surface area contributed by atoms with Crippen LogP contribution in [0.4, 0.5) is 0 Å². The number of aliphatic carboxylic acids is 1. The Labute approximate surface area is 215 Å². The number of hydrogen-bond donors (Lipinski definition) is 2. The first-order valence-electron chi connectivity index (χ1n) is 10.7. The van der Waals surface area contributed by atoms with Gasteiger partial charge in [-0.05, 0) is 24.3 Å². The van der Waals surface area contributed by atoms with Crippen molar-refractivity contribution in [3.8, 4) is 39.6 Å². The lowest BCUT2D eigenvalue weighted by molar-refractivity contribution is -0.137. The summed E-state index contributed by atoms with van der Waals surface area (Å²) in [6, 6.07) is 8.58. The molecule has 1 amide bonds. The first-order chi connectivity index (χ1) is 17.3. The molecule has 0 saturated heterocycles. The lowest BCUT2D eigenvalue weighted by Crippen LogP contribution is -2.21. The number of amides is 1. The van der Waals surface area contributed by atoms with E-state index in [9.17, 15) is 9.59 Å². The van der Waals surface area contributed by atoms with E-state index in [1.807, 2.05) is 6.07 Å². The number of ether oxygens (including phenoxy) is 2. The molecule has 2 N–H and O–H groups in total. The molecule has 0 unspecified atom stereocenters. The molecule has 12 heteroatoms. The van der Waals surface area contributed by atoms with Gasteiger partial charge >= 0.3 is 5.97 Å². The summed E-state index contributed by atoms with van der Waals surface area (Å²) in [5.41, 5.74) is 3.95. The normalized spacial score (nSPS) is 11.9. The number of halogens is 2. The van der Waals surface area contributed by atoms with Crippen LogP contribution in [0, 0.1) is 0 Å². The molecular weight excluding hydrogens is 509 g/mol. The number of fused-ring (bicyclic) bond motifs is 3. The number of carbonyl (C=O) groups excluding carboxylic acids is 1. The topological polar surface area (TPSA) is 121 Å². The van der Waals surface area contributed by atoms with Gasteiger partial charge < -0.3 is 19.9 Å². The van der Waals surface area contributed by atoms with Gasteiger partial charge in [0.15, 0.2) is 5.69 Å². The molecule has 1 aliphatic rings. The SMILES string of the molecule is CNC(=O)c1nn(-c2cc(Cl)cc(Cl)c2)c2c1COc1cc(OC)c(-c3cnn(CC(=O)O)c3)cc1-2. The minimum Gasteiger partial charge on any atom is -0.496 e. The summed E-state index contributed by atoms with van der Waals surface area (Å²) < 4.78 is 14.5. The Kier molecular flexibility index (Phi) is 6.07. The Balaban J connectivity index is 1.75. The van der Waals surface area contributed by atoms with Crippen molar-refractivity contribution in [1.82, 2.24) is 24.9 Å². The highest BCUT2D eigenvalue weighted by Crippen LogP contribution is 2.46. The molecule has 0 spiro atoms. The van der Waals surface area contributed by atoms with E-state index < -0.39 is 5.97 Å². The van der Waals surface area contributed by atoms with E-state index >= 15 is 0 Å². The molecule has 0 fully saturated rings. The number of hydrogen-bond acceptors (Lipinski definition) is 6. The quantitative estimate of drug-likeness (QED) is 0.387. The van der Waals surface area contributed by atoms with Gasteiger partial charge in [0.05, 0.1) is 24.7 Å². The Hall–Kier alpha value is -4.02. The van der Waals surface area contributed by atoms with Crippen molar-refractivity contribution < 1.29 is 24.2 Å². The average Bonchev–Trinajstić information content (AvgIpc) is 3.46. The largest absolute Gasteiger partial charge is 0.496 e. The monoisotopic (exact) mass is 527 g/mol. The number of carboxylic acids is 1. The van der Waals surface area contributed by atoms with Gasteiger partial charge in [0.25, 0.3) is 5.91 Å². The van der Waals surface area contributed by atoms with E-state index in [4.69, 9.17) is 37.8 Å². The van der Waals surface area contributed by atoms with E-state index in [1.165, 1.54) is 18.8 Å². The third kappa shape index (κ3) is 4.14. The molecule has 0 bridgehead atoms. The second kappa shape index (κ2) is 9.21. The Morgan fingerprint density at radius 1 is 1.17 bits per heavy atom. The number of nitrogens with one attached hydrogen (secondary N) is 1. The predicted octanol–water partition coefficient (Wildman–Crippen LogP) is 4.05. The third-order valence-electron chi connectivity index (χ3n) is 5.69. The minimum atomic E-state index is -1.01. The molecule has 0 aliphatic carbocycles. The van der Waals surface area contributed by atoms with Crippen LogP contribution in [0.1, 0.15) is 16.1 Å². The van der Waals surface area contributed by atoms with E-state index in [0.717, 1.165) is 0 Å². The number of methoxy groups -OCH3 is 1. The Bertz CT molecular complexity index is 1510. The van der Waals surface area contributed by atoms with Crippen molar-refractivity contribution in [1.29, 1.82) is 0 Å². The van der Waals surface area contributed by atoms with Crippen LogP contribution in [0.15, 0.2) is 42.7 Å². The maximum atomic E-state index is 12.7. The van der Waals surface area contributed by atoms with Crippen LogP contribution < -0.4 is 14.8 Å². The van der Waals surface area contributed by atoms with E-state index in [1.54, 1.807) is 41.3 Å². The fourth-order valence-electron chi connectivity index (χ4n) is 4.15. The number of aromatic nitrogens is 4. The zero-order chi connectivity index (χ0) is 25.6. The summed E-state index contributed by atoms with van der Waals surface area (Å²) in [4.78, 5) is 23.8. The lowest BCUT2D eigenvalue weighted by atomic mass is 9.97. The van der Waals surface area contributed by atoms with Gasteiger partial charge in [0.2, 0.25) is 0 Å². The van der Waals surface area contributed by atoms with Gasteiger partial charge in [-0.1, -0.05) is 23.2 Å². The van der Waals surface area contributed by atoms with Gasteiger partial charge in [0.1, 0.15) is 24.7 Å².